The summed E-state index contributed by atoms with van der Waals surface area (Å²) in [5, 5.41) is 1.75. The predicted molar refractivity (Wildman–Crippen MR) is 97.2 cm³/mol. The van der Waals surface area contributed by atoms with Gasteiger partial charge in [-0.1, -0.05) is 6.07 Å². The van der Waals surface area contributed by atoms with Gasteiger partial charge in [0.15, 0.2) is 0 Å². The number of aryl methyl sites for hydroxylation is 1. The second kappa shape index (κ2) is 7.35. The number of carbonyl (C=O) groups excluding carboxylic acids is 1. The highest BCUT2D eigenvalue weighted by molar-refractivity contribution is 7.91. The quantitative estimate of drug-likeness (QED) is 0.862. The summed E-state index contributed by atoms with van der Waals surface area (Å²) in [6.07, 6.45) is 1.84. The Labute approximate surface area is 150 Å². The highest BCUT2D eigenvalue weighted by Gasteiger charge is 2.26. The summed E-state index contributed by atoms with van der Waals surface area (Å²) in [5.41, 5.74) is 0. The Bertz CT molecular complexity index is 796. The number of rotatable bonds is 5. The summed E-state index contributed by atoms with van der Waals surface area (Å²) in [6.45, 7) is 3.69. The van der Waals surface area contributed by atoms with Gasteiger partial charge >= 0.3 is 0 Å². The highest BCUT2D eigenvalue weighted by Crippen LogP contribution is 2.23. The van der Waals surface area contributed by atoms with Crippen molar-refractivity contribution in [2.75, 3.05) is 19.6 Å². The van der Waals surface area contributed by atoms with E-state index in [0.29, 0.717) is 17.3 Å². The number of amides is 1. The van der Waals surface area contributed by atoms with E-state index in [9.17, 15) is 13.2 Å². The van der Waals surface area contributed by atoms with E-state index in [2.05, 4.69) is 4.72 Å². The Balaban J connectivity index is 1.59. The van der Waals surface area contributed by atoms with Crippen molar-refractivity contribution in [1.29, 1.82) is 0 Å². The topological polar surface area (TPSA) is 66.5 Å². The maximum absolute atomic E-state index is 12.5. The molecule has 1 atom stereocenters. The van der Waals surface area contributed by atoms with E-state index in [-0.39, 0.29) is 11.8 Å². The molecule has 0 radical (unpaired) electrons. The standard InChI is InChI=1S/C16H20N2O3S3/c1-12-6-7-14(23-12)16(19)18-8-2-4-13(11-18)10-17-24(20,21)15-5-3-9-22-15/h3,5-7,9,13,17H,2,4,8,10-11H2,1H3. The first-order chi connectivity index (χ1) is 11.5. The third kappa shape index (κ3) is 4.05. The van der Waals surface area contributed by atoms with Crippen LogP contribution in [0.15, 0.2) is 33.9 Å². The van der Waals surface area contributed by atoms with E-state index in [4.69, 9.17) is 0 Å². The van der Waals surface area contributed by atoms with Crippen LogP contribution in [0.25, 0.3) is 0 Å². The lowest BCUT2D eigenvalue weighted by Gasteiger charge is -2.32. The number of sulfonamides is 1. The van der Waals surface area contributed by atoms with Crippen LogP contribution in [0.1, 0.15) is 27.4 Å². The fraction of sp³-hybridized carbons (Fsp3) is 0.438. The molecule has 3 rings (SSSR count). The first-order valence-corrected chi connectivity index (χ1v) is 11.0. The molecule has 8 heteroatoms. The largest absolute Gasteiger partial charge is 0.338 e. The summed E-state index contributed by atoms with van der Waals surface area (Å²) in [6, 6.07) is 7.14. The van der Waals surface area contributed by atoms with Crippen molar-refractivity contribution in [3.8, 4) is 0 Å². The molecular weight excluding hydrogens is 364 g/mol. The Hall–Kier alpha value is -1.22. The van der Waals surface area contributed by atoms with Crippen molar-refractivity contribution in [2.24, 2.45) is 5.92 Å². The van der Waals surface area contributed by atoms with Gasteiger partial charge in [-0.25, -0.2) is 13.1 Å². The minimum absolute atomic E-state index is 0.0545. The Morgan fingerprint density at radius 3 is 2.88 bits per heavy atom. The number of piperidine rings is 1. The van der Waals surface area contributed by atoms with Gasteiger partial charge in [-0.15, -0.1) is 22.7 Å². The van der Waals surface area contributed by atoms with Crippen LogP contribution in [0.5, 0.6) is 0 Å². The predicted octanol–water partition coefficient (Wildman–Crippen LogP) is 2.95. The van der Waals surface area contributed by atoms with Gasteiger partial charge in [0.2, 0.25) is 10.0 Å². The molecule has 2 aromatic rings. The van der Waals surface area contributed by atoms with Crippen LogP contribution in [-0.2, 0) is 10.0 Å². The van der Waals surface area contributed by atoms with Gasteiger partial charge in [0.1, 0.15) is 4.21 Å². The molecular formula is C16H20N2O3S3. The van der Waals surface area contributed by atoms with E-state index in [1.165, 1.54) is 22.7 Å². The fourth-order valence-electron chi connectivity index (χ4n) is 2.84. The van der Waals surface area contributed by atoms with Crippen LogP contribution in [-0.4, -0.2) is 38.9 Å². The second-order valence-electron chi connectivity index (χ2n) is 5.95. The molecule has 1 aliphatic rings. The van der Waals surface area contributed by atoms with Gasteiger partial charge in [0.05, 0.1) is 4.88 Å². The third-order valence-electron chi connectivity index (χ3n) is 4.08. The third-order valence-corrected chi connectivity index (χ3v) is 7.89. The lowest BCUT2D eigenvalue weighted by molar-refractivity contribution is 0.0681. The van der Waals surface area contributed by atoms with Crippen LogP contribution < -0.4 is 4.72 Å². The first-order valence-electron chi connectivity index (χ1n) is 7.84. The highest BCUT2D eigenvalue weighted by atomic mass is 32.2. The molecule has 1 fully saturated rings. The number of nitrogens with zero attached hydrogens (tertiary/aromatic N) is 1. The van der Waals surface area contributed by atoms with Crippen LogP contribution in [0.2, 0.25) is 0 Å². The van der Waals surface area contributed by atoms with E-state index in [0.717, 1.165) is 29.1 Å². The van der Waals surface area contributed by atoms with Crippen LogP contribution in [0.4, 0.5) is 0 Å². The SMILES string of the molecule is Cc1ccc(C(=O)N2CCCC(CNS(=O)(=O)c3cccs3)C2)s1. The monoisotopic (exact) mass is 384 g/mol. The molecule has 130 valence electrons. The smallest absolute Gasteiger partial charge is 0.263 e. The van der Waals surface area contributed by atoms with Crippen LogP contribution in [0, 0.1) is 12.8 Å². The molecule has 24 heavy (non-hydrogen) atoms. The van der Waals surface area contributed by atoms with Crippen molar-refractivity contribution >= 4 is 38.6 Å². The van der Waals surface area contributed by atoms with E-state index >= 15 is 0 Å². The lowest BCUT2D eigenvalue weighted by atomic mass is 9.98. The number of hydrogen-bond donors (Lipinski definition) is 1. The Kier molecular flexibility index (Phi) is 5.39. The van der Waals surface area contributed by atoms with Crippen LogP contribution in [0.3, 0.4) is 0 Å². The average molecular weight is 385 g/mol. The summed E-state index contributed by atoms with van der Waals surface area (Å²) >= 11 is 2.71. The molecule has 0 bridgehead atoms. The van der Waals surface area contributed by atoms with Crippen molar-refractivity contribution in [3.05, 3.63) is 39.4 Å². The van der Waals surface area contributed by atoms with Gasteiger partial charge in [0.25, 0.3) is 5.91 Å². The molecule has 2 aromatic heterocycles. The van der Waals surface area contributed by atoms with Crippen LogP contribution >= 0.6 is 22.7 Å². The van der Waals surface area contributed by atoms with Gasteiger partial charge in [-0.2, -0.15) is 0 Å². The average Bonchev–Trinajstić information content (AvgIpc) is 3.24. The molecule has 1 saturated heterocycles. The maximum atomic E-state index is 12.5. The molecule has 1 amide bonds. The van der Waals surface area contributed by atoms with Gasteiger partial charge in [-0.05, 0) is 49.3 Å². The molecule has 1 aliphatic heterocycles. The summed E-state index contributed by atoms with van der Waals surface area (Å²) in [5.74, 6) is 0.206. The Morgan fingerprint density at radius 1 is 1.38 bits per heavy atom. The second-order valence-corrected chi connectivity index (χ2v) is 10.2. The van der Waals surface area contributed by atoms with Crippen molar-refractivity contribution in [2.45, 2.75) is 24.0 Å². The normalized spacial score (nSPS) is 18.7. The van der Waals surface area contributed by atoms with Gasteiger partial charge < -0.3 is 4.90 Å². The Morgan fingerprint density at radius 2 is 2.21 bits per heavy atom. The minimum atomic E-state index is -3.44. The summed E-state index contributed by atoms with van der Waals surface area (Å²) in [4.78, 5) is 16.3. The lowest BCUT2D eigenvalue weighted by Crippen LogP contribution is -2.43. The molecule has 0 spiro atoms. The van der Waals surface area contributed by atoms with E-state index < -0.39 is 10.0 Å². The molecule has 3 heterocycles. The van der Waals surface area contributed by atoms with E-state index in [1.807, 2.05) is 24.0 Å². The van der Waals surface area contributed by atoms with Gasteiger partial charge in [0, 0.05) is 24.5 Å². The van der Waals surface area contributed by atoms with Crippen molar-refractivity contribution < 1.29 is 13.2 Å². The zero-order valence-electron chi connectivity index (χ0n) is 13.4. The molecule has 1 N–H and O–H groups in total. The number of carbonyl (C=O) groups is 1. The van der Waals surface area contributed by atoms with Gasteiger partial charge in [-0.3, -0.25) is 4.79 Å². The molecule has 0 aromatic carbocycles. The molecule has 0 saturated carbocycles. The zero-order chi connectivity index (χ0) is 17.2. The van der Waals surface area contributed by atoms with E-state index in [1.54, 1.807) is 17.5 Å². The number of nitrogens with one attached hydrogen (secondary N) is 1. The minimum Gasteiger partial charge on any atom is -0.338 e. The molecule has 5 nitrogen and oxygen atoms in total. The van der Waals surface area contributed by atoms with Crippen molar-refractivity contribution in [1.82, 2.24) is 9.62 Å². The number of thiophene rings is 2. The molecule has 0 aliphatic carbocycles. The summed E-state index contributed by atoms with van der Waals surface area (Å²) in [7, 11) is -3.44. The first kappa shape index (κ1) is 17.6. The maximum Gasteiger partial charge on any atom is 0.263 e. The molecule has 1 unspecified atom stereocenters. The summed E-state index contributed by atoms with van der Waals surface area (Å²) < 4.78 is 27.4. The fourth-order valence-corrected chi connectivity index (χ4v) is 5.83. The number of likely N-dealkylation sites (tertiary alicyclic amines) is 1. The van der Waals surface area contributed by atoms with Crippen molar-refractivity contribution in [3.63, 3.8) is 0 Å². The number of hydrogen-bond acceptors (Lipinski definition) is 5. The zero-order valence-corrected chi connectivity index (χ0v) is 15.8.